The Balaban J connectivity index is 3.35. The first-order valence-corrected chi connectivity index (χ1v) is 6.36. The van der Waals surface area contributed by atoms with E-state index in [9.17, 15) is 19.3 Å². The second-order valence-electron chi connectivity index (χ2n) is 4.47. The molecule has 0 spiro atoms. The van der Waals surface area contributed by atoms with E-state index in [1.165, 1.54) is 32.1 Å². The summed E-state index contributed by atoms with van der Waals surface area (Å²) in [7, 11) is 0. The van der Waals surface area contributed by atoms with Crippen molar-refractivity contribution in [1.82, 2.24) is 0 Å². The molecule has 0 heterocycles. The first-order valence-electron chi connectivity index (χ1n) is 6.36. The van der Waals surface area contributed by atoms with Gasteiger partial charge in [-0.3, -0.25) is 20.3 Å². The van der Waals surface area contributed by atoms with E-state index >= 15 is 0 Å². The largest absolute Gasteiger partial charge is 0.357 e. The van der Waals surface area contributed by atoms with E-state index in [2.05, 4.69) is 15.8 Å². The smallest absolute Gasteiger partial charge is 0.307 e. The van der Waals surface area contributed by atoms with Gasteiger partial charge in [-0.25, -0.2) is 0 Å². The van der Waals surface area contributed by atoms with Crippen LogP contribution in [-0.4, -0.2) is 16.4 Å². The van der Waals surface area contributed by atoms with E-state index in [4.69, 9.17) is 10.5 Å². The van der Waals surface area contributed by atoms with Crippen molar-refractivity contribution in [2.75, 3.05) is 10.7 Å². The molecule has 0 atom stereocenters. The third-order valence-corrected chi connectivity index (χ3v) is 2.54. The minimum atomic E-state index is -1.10. The number of hydrazone groups is 1. The fourth-order valence-corrected chi connectivity index (χ4v) is 1.64. The number of nitriles is 2. The number of nitrogens with one attached hydrogen (secondary N) is 2. The lowest BCUT2D eigenvalue weighted by atomic mass is 10.2. The SMILES string of the molecule is CC(=O)C=C(C)Nc1cc(F)c([N+](=O)[O-])cc1NN=C(C#N)C#N. The molecule has 0 fully saturated rings. The summed E-state index contributed by atoms with van der Waals surface area (Å²) in [6.45, 7) is 2.85. The average molecular weight is 330 g/mol. The summed E-state index contributed by atoms with van der Waals surface area (Å²) in [5.74, 6) is -1.36. The normalized spacial score (nSPS) is 10.1. The molecule has 1 aromatic rings. The van der Waals surface area contributed by atoms with E-state index in [1.807, 2.05) is 0 Å². The molecule has 1 rings (SSSR count). The van der Waals surface area contributed by atoms with Gasteiger partial charge in [0.05, 0.1) is 16.3 Å². The van der Waals surface area contributed by atoms with Crippen LogP contribution in [-0.2, 0) is 4.79 Å². The maximum absolute atomic E-state index is 13.8. The fourth-order valence-electron chi connectivity index (χ4n) is 1.64. The Hall–Kier alpha value is -3.79. The Morgan fingerprint density at radius 3 is 2.46 bits per heavy atom. The molecular formula is C14H11FN6O3. The molecule has 0 aliphatic carbocycles. The van der Waals surface area contributed by atoms with Crippen molar-refractivity contribution < 1.29 is 14.1 Å². The molecule has 0 amide bonds. The molecule has 0 unspecified atom stereocenters. The Labute approximate surface area is 135 Å². The molecule has 0 aliphatic heterocycles. The monoisotopic (exact) mass is 330 g/mol. The van der Waals surface area contributed by atoms with Crippen LogP contribution in [0.3, 0.4) is 0 Å². The summed E-state index contributed by atoms with van der Waals surface area (Å²) in [5, 5.41) is 34.2. The van der Waals surface area contributed by atoms with Gasteiger partial charge >= 0.3 is 5.69 Å². The highest BCUT2D eigenvalue weighted by Crippen LogP contribution is 2.31. The van der Waals surface area contributed by atoms with Crippen LogP contribution in [0.5, 0.6) is 0 Å². The van der Waals surface area contributed by atoms with Gasteiger partial charge < -0.3 is 5.32 Å². The van der Waals surface area contributed by atoms with Gasteiger partial charge in [-0.15, -0.1) is 0 Å². The second-order valence-corrected chi connectivity index (χ2v) is 4.47. The summed E-state index contributed by atoms with van der Waals surface area (Å²) < 4.78 is 13.8. The van der Waals surface area contributed by atoms with Crippen molar-refractivity contribution >= 4 is 28.6 Å². The van der Waals surface area contributed by atoms with Crippen LogP contribution in [0.4, 0.5) is 21.5 Å². The van der Waals surface area contributed by atoms with Gasteiger partial charge in [0, 0.05) is 17.8 Å². The predicted molar refractivity (Wildman–Crippen MR) is 83.4 cm³/mol. The van der Waals surface area contributed by atoms with Crippen molar-refractivity contribution in [2.45, 2.75) is 13.8 Å². The van der Waals surface area contributed by atoms with Crippen molar-refractivity contribution in [3.63, 3.8) is 0 Å². The van der Waals surface area contributed by atoms with E-state index in [0.29, 0.717) is 5.70 Å². The summed E-state index contributed by atoms with van der Waals surface area (Å²) in [5.41, 5.74) is 1.28. The zero-order valence-electron chi connectivity index (χ0n) is 12.6. The van der Waals surface area contributed by atoms with Gasteiger partial charge in [-0.05, 0) is 19.9 Å². The number of hydrogen-bond donors (Lipinski definition) is 2. The number of nitrogens with zero attached hydrogens (tertiary/aromatic N) is 4. The molecule has 122 valence electrons. The predicted octanol–water partition coefficient (Wildman–Crippen LogP) is 2.45. The molecule has 0 bridgehead atoms. The van der Waals surface area contributed by atoms with Gasteiger partial charge in [-0.1, -0.05) is 0 Å². The van der Waals surface area contributed by atoms with E-state index in [0.717, 1.165) is 12.1 Å². The van der Waals surface area contributed by atoms with Crippen LogP contribution in [0.15, 0.2) is 29.0 Å². The van der Waals surface area contributed by atoms with Gasteiger partial charge in [0.25, 0.3) is 0 Å². The number of nitro groups is 1. The van der Waals surface area contributed by atoms with E-state index in [1.54, 1.807) is 0 Å². The van der Waals surface area contributed by atoms with Crippen LogP contribution < -0.4 is 10.7 Å². The van der Waals surface area contributed by atoms with Gasteiger partial charge in [0.1, 0.15) is 12.1 Å². The van der Waals surface area contributed by atoms with Crippen molar-refractivity contribution in [3.05, 3.63) is 39.8 Å². The molecule has 0 saturated carbocycles. The quantitative estimate of drug-likeness (QED) is 0.352. The molecule has 1 aromatic carbocycles. The summed E-state index contributed by atoms with van der Waals surface area (Å²) in [4.78, 5) is 20.9. The zero-order valence-corrected chi connectivity index (χ0v) is 12.6. The Morgan fingerprint density at radius 1 is 1.33 bits per heavy atom. The second kappa shape index (κ2) is 8.00. The minimum absolute atomic E-state index is 0.0343. The topological polar surface area (TPSA) is 144 Å². The van der Waals surface area contributed by atoms with Crippen LogP contribution in [0.2, 0.25) is 0 Å². The zero-order chi connectivity index (χ0) is 18.3. The lowest BCUT2D eigenvalue weighted by Gasteiger charge is -2.12. The number of anilines is 2. The number of ketones is 1. The first-order chi connectivity index (χ1) is 11.3. The Bertz CT molecular complexity index is 816. The van der Waals surface area contributed by atoms with Crippen molar-refractivity contribution in [2.24, 2.45) is 5.10 Å². The number of nitro benzene ring substituents is 1. The number of carbonyl (C=O) groups excluding carboxylic acids is 1. The highest BCUT2D eigenvalue weighted by molar-refractivity contribution is 6.10. The van der Waals surface area contributed by atoms with E-state index < -0.39 is 22.1 Å². The molecule has 0 aliphatic rings. The van der Waals surface area contributed by atoms with Gasteiger partial charge in [0.2, 0.25) is 11.5 Å². The minimum Gasteiger partial charge on any atom is -0.357 e. The number of benzene rings is 1. The van der Waals surface area contributed by atoms with Crippen LogP contribution in [0, 0.1) is 38.6 Å². The number of hydrogen-bond acceptors (Lipinski definition) is 8. The molecule has 24 heavy (non-hydrogen) atoms. The van der Waals surface area contributed by atoms with Crippen LogP contribution in [0.1, 0.15) is 13.8 Å². The third kappa shape index (κ3) is 4.89. The third-order valence-electron chi connectivity index (χ3n) is 2.54. The Kier molecular flexibility index (Phi) is 6.09. The van der Waals surface area contributed by atoms with Crippen molar-refractivity contribution in [3.8, 4) is 12.1 Å². The highest BCUT2D eigenvalue weighted by atomic mass is 19.1. The van der Waals surface area contributed by atoms with Crippen LogP contribution >= 0.6 is 0 Å². The van der Waals surface area contributed by atoms with Crippen molar-refractivity contribution in [1.29, 1.82) is 10.5 Å². The summed E-state index contributed by atoms with van der Waals surface area (Å²) in [6, 6.07) is 4.69. The van der Waals surface area contributed by atoms with Gasteiger partial charge in [0.15, 0.2) is 5.78 Å². The molecule has 2 N–H and O–H groups in total. The number of carbonyl (C=O) groups is 1. The lowest BCUT2D eigenvalue weighted by Crippen LogP contribution is -2.05. The highest BCUT2D eigenvalue weighted by Gasteiger charge is 2.18. The van der Waals surface area contributed by atoms with E-state index in [-0.39, 0.29) is 17.2 Å². The maximum atomic E-state index is 13.8. The molecule has 10 heteroatoms. The number of allylic oxidation sites excluding steroid dienone is 2. The summed E-state index contributed by atoms with van der Waals surface area (Å²) in [6.07, 6.45) is 1.24. The summed E-state index contributed by atoms with van der Waals surface area (Å²) >= 11 is 0. The Morgan fingerprint density at radius 2 is 1.96 bits per heavy atom. The average Bonchev–Trinajstić information content (AvgIpc) is 2.48. The lowest BCUT2D eigenvalue weighted by molar-refractivity contribution is -0.387. The molecule has 0 aromatic heterocycles. The molecule has 0 radical (unpaired) electrons. The number of halogens is 1. The standard InChI is InChI=1S/C14H11FN6O3/c1-8(3-9(2)22)18-12-4-11(15)14(21(23)24)5-13(12)20-19-10(6-16)7-17/h3-5,18,20H,1-2H3. The molecule has 9 nitrogen and oxygen atoms in total. The number of rotatable bonds is 6. The van der Waals surface area contributed by atoms with Gasteiger partial charge in [-0.2, -0.15) is 20.0 Å². The fraction of sp³-hybridized carbons (Fsp3) is 0.143. The molecule has 0 saturated heterocycles. The van der Waals surface area contributed by atoms with Crippen LogP contribution in [0.25, 0.3) is 0 Å². The molecular weight excluding hydrogens is 319 g/mol. The maximum Gasteiger partial charge on any atom is 0.307 e. The first kappa shape index (κ1) is 18.3.